The van der Waals surface area contributed by atoms with Crippen LogP contribution in [0.3, 0.4) is 0 Å². The smallest absolute Gasteiger partial charge is 0.282 e. The van der Waals surface area contributed by atoms with Gasteiger partial charge in [-0.2, -0.15) is 0 Å². The van der Waals surface area contributed by atoms with Gasteiger partial charge in [0.2, 0.25) is 11.8 Å². The maximum Gasteiger partial charge on any atom is 0.282 e. The lowest BCUT2D eigenvalue weighted by atomic mass is 10.3. The first-order valence-corrected chi connectivity index (χ1v) is 5.15. The lowest BCUT2D eigenvalue weighted by Gasteiger charge is -2.15. The quantitative estimate of drug-likeness (QED) is 0.732. The maximum absolute atomic E-state index is 12.8. The molecule has 102 valence electrons. The number of aliphatic hydroxyl groups excluding tert-OH is 1. The SMILES string of the molecule is COc1ncnc(OC)c1CNCC(F)(F)CO. The van der Waals surface area contributed by atoms with Gasteiger partial charge in [-0.1, -0.05) is 0 Å². The van der Waals surface area contributed by atoms with Crippen molar-refractivity contribution in [1.29, 1.82) is 0 Å². The number of alkyl halides is 2. The summed E-state index contributed by atoms with van der Waals surface area (Å²) >= 11 is 0. The highest BCUT2D eigenvalue weighted by Gasteiger charge is 2.27. The minimum atomic E-state index is -3.17. The number of hydrogen-bond donors (Lipinski definition) is 2. The van der Waals surface area contributed by atoms with E-state index in [1.807, 2.05) is 0 Å². The first-order chi connectivity index (χ1) is 8.54. The molecule has 0 aliphatic carbocycles. The molecule has 0 unspecified atom stereocenters. The summed E-state index contributed by atoms with van der Waals surface area (Å²) in [5, 5.41) is 10.9. The van der Waals surface area contributed by atoms with Gasteiger partial charge in [0.05, 0.1) is 26.3 Å². The van der Waals surface area contributed by atoms with Crippen LogP contribution in [0.4, 0.5) is 8.78 Å². The van der Waals surface area contributed by atoms with Crippen LogP contribution >= 0.6 is 0 Å². The average Bonchev–Trinajstić information content (AvgIpc) is 2.38. The molecule has 1 heterocycles. The molecule has 2 N–H and O–H groups in total. The van der Waals surface area contributed by atoms with E-state index >= 15 is 0 Å². The number of aliphatic hydroxyl groups is 1. The van der Waals surface area contributed by atoms with E-state index in [2.05, 4.69) is 15.3 Å². The molecule has 0 aliphatic heterocycles. The van der Waals surface area contributed by atoms with E-state index in [4.69, 9.17) is 14.6 Å². The first-order valence-electron chi connectivity index (χ1n) is 5.15. The van der Waals surface area contributed by atoms with Crippen LogP contribution in [0.2, 0.25) is 0 Å². The number of hydrogen-bond acceptors (Lipinski definition) is 6. The number of ether oxygens (including phenoxy) is 2. The van der Waals surface area contributed by atoms with Gasteiger partial charge in [-0.25, -0.2) is 18.7 Å². The summed E-state index contributed by atoms with van der Waals surface area (Å²) in [5.74, 6) is -2.67. The van der Waals surface area contributed by atoms with E-state index in [0.29, 0.717) is 5.56 Å². The van der Waals surface area contributed by atoms with E-state index < -0.39 is 19.1 Å². The van der Waals surface area contributed by atoms with Crippen LogP contribution in [0, 0.1) is 0 Å². The van der Waals surface area contributed by atoms with Crippen molar-refractivity contribution in [1.82, 2.24) is 15.3 Å². The first kappa shape index (κ1) is 14.5. The second-order valence-corrected chi connectivity index (χ2v) is 3.49. The van der Waals surface area contributed by atoms with Crippen molar-refractivity contribution in [3.05, 3.63) is 11.9 Å². The third-order valence-electron chi connectivity index (χ3n) is 2.17. The maximum atomic E-state index is 12.8. The molecule has 0 bridgehead atoms. The molecule has 6 nitrogen and oxygen atoms in total. The molecular formula is C10H15F2N3O3. The largest absolute Gasteiger partial charge is 0.481 e. The normalized spacial score (nSPS) is 11.4. The Balaban J connectivity index is 2.71. The molecule has 0 fully saturated rings. The zero-order valence-corrected chi connectivity index (χ0v) is 10.1. The minimum absolute atomic E-state index is 0.0444. The van der Waals surface area contributed by atoms with Crippen molar-refractivity contribution in [2.75, 3.05) is 27.4 Å². The fraction of sp³-hybridized carbons (Fsp3) is 0.600. The molecule has 1 aromatic heterocycles. The number of methoxy groups -OCH3 is 2. The van der Waals surface area contributed by atoms with E-state index in [9.17, 15) is 8.78 Å². The third-order valence-corrected chi connectivity index (χ3v) is 2.17. The predicted octanol–water partition coefficient (Wildman–Crippen LogP) is 0.211. The molecule has 1 rings (SSSR count). The molecule has 0 spiro atoms. The van der Waals surface area contributed by atoms with Gasteiger partial charge in [0.1, 0.15) is 12.9 Å². The van der Waals surface area contributed by atoms with Gasteiger partial charge in [-0.3, -0.25) is 0 Å². The standard InChI is InChI=1S/C10H15F2N3O3/c1-17-8-7(9(18-2)15-6-14-8)3-13-4-10(11,12)5-16/h6,13,16H,3-5H2,1-2H3. The molecule has 0 saturated heterocycles. The summed E-state index contributed by atoms with van der Waals surface area (Å²) in [5.41, 5.74) is 0.441. The third kappa shape index (κ3) is 3.74. The van der Waals surface area contributed by atoms with Crippen molar-refractivity contribution in [2.45, 2.75) is 12.5 Å². The van der Waals surface area contributed by atoms with Crippen LogP contribution < -0.4 is 14.8 Å². The van der Waals surface area contributed by atoms with Gasteiger partial charge < -0.3 is 19.9 Å². The number of aromatic nitrogens is 2. The van der Waals surface area contributed by atoms with E-state index in [1.165, 1.54) is 20.5 Å². The van der Waals surface area contributed by atoms with Gasteiger partial charge >= 0.3 is 0 Å². The summed E-state index contributed by atoms with van der Waals surface area (Å²) in [4.78, 5) is 7.70. The van der Waals surface area contributed by atoms with Crippen molar-refractivity contribution in [3.8, 4) is 11.8 Å². The Morgan fingerprint density at radius 1 is 1.28 bits per heavy atom. The molecule has 0 amide bonds. The highest BCUT2D eigenvalue weighted by Crippen LogP contribution is 2.23. The van der Waals surface area contributed by atoms with Crippen LogP contribution in [-0.4, -0.2) is 48.4 Å². The van der Waals surface area contributed by atoms with Crippen LogP contribution in [0.15, 0.2) is 6.33 Å². The molecule has 0 aliphatic rings. The molecule has 0 saturated carbocycles. The predicted molar refractivity (Wildman–Crippen MR) is 58.9 cm³/mol. The Labute approximate surface area is 103 Å². The van der Waals surface area contributed by atoms with Gasteiger partial charge in [0.25, 0.3) is 5.92 Å². The zero-order valence-electron chi connectivity index (χ0n) is 10.1. The summed E-state index contributed by atoms with van der Waals surface area (Å²) in [7, 11) is 2.82. The highest BCUT2D eigenvalue weighted by molar-refractivity contribution is 5.34. The van der Waals surface area contributed by atoms with Crippen molar-refractivity contribution >= 4 is 0 Å². The molecular weight excluding hydrogens is 248 g/mol. The second-order valence-electron chi connectivity index (χ2n) is 3.49. The van der Waals surface area contributed by atoms with Crippen LogP contribution in [0.5, 0.6) is 11.8 Å². The zero-order chi connectivity index (χ0) is 13.6. The van der Waals surface area contributed by atoms with Gasteiger partial charge in [-0.05, 0) is 0 Å². The summed E-state index contributed by atoms with van der Waals surface area (Å²) in [6, 6.07) is 0. The second kappa shape index (κ2) is 6.41. The average molecular weight is 263 g/mol. The molecule has 0 radical (unpaired) electrons. The minimum Gasteiger partial charge on any atom is -0.481 e. The summed E-state index contributed by atoms with van der Waals surface area (Å²) < 4.78 is 35.6. The summed E-state index contributed by atoms with van der Waals surface area (Å²) in [6.45, 7) is -1.83. The lowest BCUT2D eigenvalue weighted by molar-refractivity contribution is -0.0478. The van der Waals surface area contributed by atoms with Gasteiger partial charge in [0.15, 0.2) is 0 Å². The molecule has 18 heavy (non-hydrogen) atoms. The summed E-state index contributed by atoms with van der Waals surface area (Å²) in [6.07, 6.45) is 1.25. The Bertz CT molecular complexity index is 368. The topological polar surface area (TPSA) is 76.5 Å². The van der Waals surface area contributed by atoms with E-state index in [0.717, 1.165) is 0 Å². The Hall–Kier alpha value is -1.54. The monoisotopic (exact) mass is 263 g/mol. The van der Waals surface area contributed by atoms with Crippen molar-refractivity contribution < 1.29 is 23.4 Å². The number of rotatable bonds is 7. The Morgan fingerprint density at radius 3 is 2.28 bits per heavy atom. The van der Waals surface area contributed by atoms with Gasteiger partial charge in [0, 0.05) is 6.54 Å². The van der Waals surface area contributed by atoms with E-state index in [1.54, 1.807) is 0 Å². The molecule has 0 atom stereocenters. The number of nitrogens with zero attached hydrogens (tertiary/aromatic N) is 2. The lowest BCUT2D eigenvalue weighted by Crippen LogP contribution is -2.35. The number of nitrogens with one attached hydrogen (secondary N) is 1. The Kier molecular flexibility index (Phi) is 5.17. The van der Waals surface area contributed by atoms with Gasteiger partial charge in [-0.15, -0.1) is 0 Å². The van der Waals surface area contributed by atoms with Crippen molar-refractivity contribution in [2.24, 2.45) is 0 Å². The van der Waals surface area contributed by atoms with Crippen molar-refractivity contribution in [3.63, 3.8) is 0 Å². The Morgan fingerprint density at radius 2 is 1.83 bits per heavy atom. The number of halogens is 2. The fourth-order valence-electron chi connectivity index (χ4n) is 1.31. The molecule has 8 heteroatoms. The van der Waals surface area contributed by atoms with E-state index in [-0.39, 0.29) is 18.3 Å². The van der Waals surface area contributed by atoms with Crippen LogP contribution in [0.25, 0.3) is 0 Å². The highest BCUT2D eigenvalue weighted by atomic mass is 19.3. The molecule has 1 aromatic rings. The molecule has 0 aromatic carbocycles. The van der Waals surface area contributed by atoms with Crippen LogP contribution in [0.1, 0.15) is 5.56 Å². The van der Waals surface area contributed by atoms with Crippen LogP contribution in [-0.2, 0) is 6.54 Å². The fourth-order valence-corrected chi connectivity index (χ4v) is 1.31.